The Labute approximate surface area is 161 Å². The molecule has 1 heterocycles. The first-order valence-electron chi connectivity index (χ1n) is 8.96. The molecule has 144 valence electrons. The van der Waals surface area contributed by atoms with E-state index in [9.17, 15) is 9.59 Å². The Morgan fingerprint density at radius 3 is 2.92 bits per heavy atom. The quantitative estimate of drug-likeness (QED) is 0.821. The average molecular weight is 382 g/mol. The van der Waals surface area contributed by atoms with Gasteiger partial charge in [0.05, 0.1) is 5.41 Å². The number of anilines is 1. The molecule has 2 amide bonds. The molecule has 6 nitrogen and oxygen atoms in total. The predicted molar refractivity (Wildman–Crippen MR) is 104 cm³/mol. The third kappa shape index (κ3) is 4.30. The van der Waals surface area contributed by atoms with E-state index in [-0.39, 0.29) is 36.2 Å². The molecule has 0 spiro atoms. The van der Waals surface area contributed by atoms with Crippen LogP contribution in [0.15, 0.2) is 24.3 Å². The third-order valence-corrected chi connectivity index (χ3v) is 5.44. The highest BCUT2D eigenvalue weighted by molar-refractivity contribution is 5.96. The first-order chi connectivity index (χ1) is 12.0. The van der Waals surface area contributed by atoms with E-state index in [1.807, 2.05) is 12.1 Å². The molecule has 1 aromatic rings. The van der Waals surface area contributed by atoms with E-state index in [1.165, 1.54) is 11.3 Å². The summed E-state index contributed by atoms with van der Waals surface area (Å²) >= 11 is 0. The van der Waals surface area contributed by atoms with Crippen molar-refractivity contribution in [3.63, 3.8) is 0 Å². The lowest BCUT2D eigenvalue weighted by Gasteiger charge is -2.37. The van der Waals surface area contributed by atoms with Crippen LogP contribution in [0, 0.1) is 11.3 Å². The lowest BCUT2D eigenvalue weighted by atomic mass is 9.67. The number of amides is 2. The summed E-state index contributed by atoms with van der Waals surface area (Å²) in [6.07, 6.45) is 4.40. The maximum atomic E-state index is 13.0. The van der Waals surface area contributed by atoms with E-state index in [2.05, 4.69) is 10.6 Å². The summed E-state index contributed by atoms with van der Waals surface area (Å²) in [4.78, 5) is 26.1. The van der Waals surface area contributed by atoms with Crippen LogP contribution < -0.4 is 15.4 Å². The summed E-state index contributed by atoms with van der Waals surface area (Å²) in [5.74, 6) is 1.01. The molecule has 1 aliphatic carbocycles. The highest BCUT2D eigenvalue weighted by atomic mass is 35.5. The van der Waals surface area contributed by atoms with Gasteiger partial charge in [-0.05, 0) is 37.4 Å². The molecule has 7 heteroatoms. The van der Waals surface area contributed by atoms with Gasteiger partial charge >= 0.3 is 0 Å². The molecule has 1 aliphatic heterocycles. The number of benzene rings is 1. The summed E-state index contributed by atoms with van der Waals surface area (Å²) in [7, 11) is 3.38. The van der Waals surface area contributed by atoms with Gasteiger partial charge in [0.2, 0.25) is 5.91 Å². The Kier molecular flexibility index (Phi) is 6.89. The van der Waals surface area contributed by atoms with Crippen LogP contribution in [0.2, 0.25) is 0 Å². The first-order valence-corrected chi connectivity index (χ1v) is 8.96. The summed E-state index contributed by atoms with van der Waals surface area (Å²) in [6, 6.07) is 7.25. The topological polar surface area (TPSA) is 70.7 Å². The van der Waals surface area contributed by atoms with Crippen LogP contribution in [0.1, 0.15) is 25.7 Å². The lowest BCUT2D eigenvalue weighted by Crippen LogP contribution is -2.44. The Bertz CT molecular complexity index is 653. The molecular formula is C19H28ClN3O3. The number of nitrogens with zero attached hydrogens (tertiary/aromatic N) is 1. The zero-order chi connectivity index (χ0) is 17.9. The Hall–Kier alpha value is -1.79. The molecule has 2 N–H and O–H groups in total. The molecule has 0 unspecified atom stereocenters. The molecule has 0 radical (unpaired) electrons. The summed E-state index contributed by atoms with van der Waals surface area (Å²) in [5.41, 5.74) is 0.432. The van der Waals surface area contributed by atoms with E-state index in [0.29, 0.717) is 17.4 Å². The highest BCUT2D eigenvalue weighted by Crippen LogP contribution is 2.44. The maximum Gasteiger partial charge on any atom is 0.259 e. The largest absolute Gasteiger partial charge is 0.484 e. The molecule has 2 atom stereocenters. The number of carbonyl (C=O) groups is 2. The van der Waals surface area contributed by atoms with Gasteiger partial charge in [-0.3, -0.25) is 9.59 Å². The fourth-order valence-corrected chi connectivity index (χ4v) is 3.88. The fraction of sp³-hybridized carbons (Fsp3) is 0.579. The number of rotatable bonds is 5. The van der Waals surface area contributed by atoms with Crippen molar-refractivity contribution < 1.29 is 14.3 Å². The zero-order valence-electron chi connectivity index (χ0n) is 15.4. The van der Waals surface area contributed by atoms with Crippen LogP contribution in [0.3, 0.4) is 0 Å². The van der Waals surface area contributed by atoms with Crippen molar-refractivity contribution in [1.82, 2.24) is 10.2 Å². The van der Waals surface area contributed by atoms with Gasteiger partial charge < -0.3 is 20.3 Å². The van der Waals surface area contributed by atoms with Crippen molar-refractivity contribution >= 4 is 29.9 Å². The number of halogens is 1. The van der Waals surface area contributed by atoms with Crippen molar-refractivity contribution in [3.05, 3.63) is 24.3 Å². The van der Waals surface area contributed by atoms with Gasteiger partial charge in [-0.15, -0.1) is 12.4 Å². The molecule has 0 aromatic heterocycles. The van der Waals surface area contributed by atoms with Gasteiger partial charge in [0.1, 0.15) is 5.75 Å². The molecule has 1 saturated carbocycles. The van der Waals surface area contributed by atoms with Gasteiger partial charge in [-0.1, -0.05) is 18.9 Å². The molecule has 2 fully saturated rings. The zero-order valence-corrected chi connectivity index (χ0v) is 16.2. The maximum absolute atomic E-state index is 13.0. The number of ether oxygens (including phenoxy) is 1. The van der Waals surface area contributed by atoms with Crippen molar-refractivity contribution in [2.24, 2.45) is 11.3 Å². The van der Waals surface area contributed by atoms with Gasteiger partial charge in [-0.2, -0.15) is 0 Å². The van der Waals surface area contributed by atoms with Gasteiger partial charge in [-0.25, -0.2) is 0 Å². The lowest BCUT2D eigenvalue weighted by molar-refractivity contribution is -0.131. The summed E-state index contributed by atoms with van der Waals surface area (Å²) < 4.78 is 5.53. The first kappa shape index (κ1) is 20.5. The van der Waals surface area contributed by atoms with Crippen LogP contribution >= 0.6 is 12.4 Å². The number of carbonyl (C=O) groups excluding carboxylic acids is 2. The molecule has 2 aliphatic rings. The molecule has 1 aromatic carbocycles. The second-order valence-electron chi connectivity index (χ2n) is 7.29. The van der Waals surface area contributed by atoms with Crippen LogP contribution in [0.4, 0.5) is 5.69 Å². The Morgan fingerprint density at radius 2 is 2.15 bits per heavy atom. The minimum absolute atomic E-state index is 0. The predicted octanol–water partition coefficient (Wildman–Crippen LogP) is 2.29. The van der Waals surface area contributed by atoms with E-state index in [0.717, 1.165) is 32.4 Å². The Balaban J connectivity index is 0.00000243. The molecule has 0 bridgehead atoms. The second-order valence-corrected chi connectivity index (χ2v) is 7.29. The minimum Gasteiger partial charge on any atom is -0.484 e. The highest BCUT2D eigenvalue weighted by Gasteiger charge is 2.49. The summed E-state index contributed by atoms with van der Waals surface area (Å²) in [5, 5.41) is 6.47. The molecule has 1 saturated heterocycles. The van der Waals surface area contributed by atoms with E-state index in [4.69, 9.17) is 4.74 Å². The standard InChI is InChI=1S/C19H27N3O3.ClH/c1-22(2)17(23)12-25-16-8-5-7-15(10-16)21-18(24)19-9-4-3-6-14(19)11-20-13-19;/h5,7-8,10,14,20H,3-4,6,9,11-13H2,1-2H3,(H,21,24);1H/t14-,19+;/m0./s1. The van der Waals surface area contributed by atoms with Crippen molar-refractivity contribution in [1.29, 1.82) is 0 Å². The van der Waals surface area contributed by atoms with Crippen LogP contribution in [0.5, 0.6) is 5.75 Å². The van der Waals surface area contributed by atoms with Gasteiger partial charge in [0.25, 0.3) is 5.91 Å². The monoisotopic (exact) mass is 381 g/mol. The van der Waals surface area contributed by atoms with E-state index < -0.39 is 0 Å². The summed E-state index contributed by atoms with van der Waals surface area (Å²) in [6.45, 7) is 1.68. The average Bonchev–Trinajstić information content (AvgIpc) is 3.05. The van der Waals surface area contributed by atoms with Gasteiger partial charge in [0.15, 0.2) is 6.61 Å². The van der Waals surface area contributed by atoms with Crippen molar-refractivity contribution in [2.75, 3.05) is 39.1 Å². The minimum atomic E-state index is -0.282. The molecular weight excluding hydrogens is 354 g/mol. The van der Waals surface area contributed by atoms with Crippen LogP contribution in [-0.2, 0) is 9.59 Å². The third-order valence-electron chi connectivity index (χ3n) is 5.44. The normalized spacial score (nSPS) is 24.2. The second kappa shape index (κ2) is 8.73. The van der Waals surface area contributed by atoms with Crippen LogP contribution in [0.25, 0.3) is 0 Å². The smallest absolute Gasteiger partial charge is 0.259 e. The number of fused-ring (bicyclic) bond motifs is 1. The molecule has 3 rings (SSSR count). The van der Waals surface area contributed by atoms with Crippen molar-refractivity contribution in [2.45, 2.75) is 25.7 Å². The number of nitrogens with one attached hydrogen (secondary N) is 2. The number of hydrogen-bond donors (Lipinski definition) is 2. The van der Waals surface area contributed by atoms with E-state index in [1.54, 1.807) is 26.2 Å². The number of hydrogen-bond acceptors (Lipinski definition) is 4. The number of likely N-dealkylation sites (N-methyl/N-ethyl adjacent to an activating group) is 1. The molecule has 26 heavy (non-hydrogen) atoms. The fourth-order valence-electron chi connectivity index (χ4n) is 3.88. The van der Waals surface area contributed by atoms with E-state index >= 15 is 0 Å². The Morgan fingerprint density at radius 1 is 1.35 bits per heavy atom. The van der Waals surface area contributed by atoms with Crippen molar-refractivity contribution in [3.8, 4) is 5.75 Å². The SMILES string of the molecule is CN(C)C(=O)COc1cccc(NC(=O)[C@@]23CCCC[C@H]2CNC3)c1.Cl. The van der Waals surface area contributed by atoms with Crippen LogP contribution in [-0.4, -0.2) is 50.5 Å². The van der Waals surface area contributed by atoms with Gasteiger partial charge in [0, 0.05) is 32.4 Å².